The minimum absolute atomic E-state index is 0. The minimum atomic E-state index is 0. The molecular formula is C20H21ClN2O3. The number of hydrogen-bond acceptors (Lipinski definition) is 5. The van der Waals surface area contributed by atoms with Gasteiger partial charge in [0.05, 0.1) is 6.20 Å². The first-order chi connectivity index (χ1) is 12.4. The molecule has 1 saturated heterocycles. The van der Waals surface area contributed by atoms with Crippen molar-refractivity contribution in [2.24, 2.45) is 0 Å². The van der Waals surface area contributed by atoms with E-state index in [0.29, 0.717) is 18.5 Å². The summed E-state index contributed by atoms with van der Waals surface area (Å²) in [5.41, 5.74) is 0.918. The second-order valence-corrected chi connectivity index (χ2v) is 6.04. The first-order valence-electron chi connectivity index (χ1n) is 8.51. The van der Waals surface area contributed by atoms with Crippen LogP contribution >= 0.6 is 12.4 Å². The van der Waals surface area contributed by atoms with Crippen molar-refractivity contribution in [2.75, 3.05) is 13.2 Å². The van der Waals surface area contributed by atoms with Gasteiger partial charge in [-0.3, -0.25) is 0 Å². The van der Waals surface area contributed by atoms with Crippen LogP contribution in [-0.4, -0.2) is 24.2 Å². The van der Waals surface area contributed by atoms with Crippen LogP contribution in [-0.2, 0) is 0 Å². The maximum Gasteiger partial charge on any atom is 0.225 e. The van der Waals surface area contributed by atoms with E-state index in [1.807, 2.05) is 48.5 Å². The first kappa shape index (κ1) is 18.3. The number of nitrogens with zero attached hydrogens (tertiary/aromatic N) is 1. The number of oxazole rings is 1. The van der Waals surface area contributed by atoms with Gasteiger partial charge in [-0.15, -0.1) is 12.4 Å². The van der Waals surface area contributed by atoms with Crippen molar-refractivity contribution in [2.45, 2.75) is 18.9 Å². The lowest BCUT2D eigenvalue weighted by molar-refractivity contribution is 0.277. The number of nitrogens with one attached hydrogen (secondary N) is 1. The molecule has 2 heterocycles. The van der Waals surface area contributed by atoms with Crippen LogP contribution in [0.15, 0.2) is 65.4 Å². The Bertz CT molecular complexity index is 783. The molecule has 1 aliphatic rings. The van der Waals surface area contributed by atoms with Gasteiger partial charge < -0.3 is 19.2 Å². The maximum atomic E-state index is 5.86. The van der Waals surface area contributed by atoms with Crippen molar-refractivity contribution < 1.29 is 13.9 Å². The molecule has 0 saturated carbocycles. The number of ether oxygens (including phenoxy) is 2. The Morgan fingerprint density at radius 1 is 1.00 bits per heavy atom. The third-order valence-corrected chi connectivity index (χ3v) is 4.21. The maximum absolute atomic E-state index is 5.86. The van der Waals surface area contributed by atoms with E-state index < -0.39 is 0 Å². The summed E-state index contributed by atoms with van der Waals surface area (Å²) in [7, 11) is 0. The smallest absolute Gasteiger partial charge is 0.225 e. The standard InChI is InChI=1S/C20H20N2O3.ClH/c1-2-16(21-11-1)14-24-17-7-9-19(10-8-17)25-18-5-3-15(4-6-18)20-22-12-13-23-20;/h3-10,12-13,16,21H,1-2,11,14H2;1H/t16-;/m1./s1. The average molecular weight is 373 g/mol. The van der Waals surface area contributed by atoms with Gasteiger partial charge in [-0.25, -0.2) is 4.98 Å². The Kier molecular flexibility index (Phi) is 6.15. The highest BCUT2D eigenvalue weighted by Gasteiger charge is 2.14. The molecule has 1 fully saturated rings. The Balaban J connectivity index is 0.00000196. The van der Waals surface area contributed by atoms with Crippen LogP contribution in [0.1, 0.15) is 12.8 Å². The van der Waals surface area contributed by atoms with Gasteiger partial charge in [0.1, 0.15) is 30.1 Å². The van der Waals surface area contributed by atoms with Crippen LogP contribution in [0.2, 0.25) is 0 Å². The minimum Gasteiger partial charge on any atom is -0.492 e. The van der Waals surface area contributed by atoms with Crippen molar-refractivity contribution in [1.82, 2.24) is 10.3 Å². The Labute approximate surface area is 158 Å². The molecule has 2 aromatic carbocycles. The summed E-state index contributed by atoms with van der Waals surface area (Å²) < 4.78 is 17.0. The highest BCUT2D eigenvalue weighted by molar-refractivity contribution is 5.85. The van der Waals surface area contributed by atoms with E-state index in [2.05, 4.69) is 10.3 Å². The van der Waals surface area contributed by atoms with Crippen molar-refractivity contribution in [3.8, 4) is 28.7 Å². The molecule has 1 aliphatic heterocycles. The lowest BCUT2D eigenvalue weighted by atomic mass is 10.2. The molecule has 0 spiro atoms. The molecule has 136 valence electrons. The topological polar surface area (TPSA) is 56.5 Å². The summed E-state index contributed by atoms with van der Waals surface area (Å²) in [5, 5.41) is 3.42. The third-order valence-electron chi connectivity index (χ3n) is 4.21. The molecule has 4 rings (SSSR count). The van der Waals surface area contributed by atoms with Gasteiger partial charge in [0.2, 0.25) is 5.89 Å². The van der Waals surface area contributed by atoms with Crippen molar-refractivity contribution in [1.29, 1.82) is 0 Å². The van der Waals surface area contributed by atoms with E-state index in [-0.39, 0.29) is 12.4 Å². The van der Waals surface area contributed by atoms with Gasteiger partial charge in [-0.2, -0.15) is 0 Å². The van der Waals surface area contributed by atoms with Crippen molar-refractivity contribution in [3.05, 3.63) is 61.0 Å². The van der Waals surface area contributed by atoms with Gasteiger partial charge in [0.25, 0.3) is 0 Å². The lowest BCUT2D eigenvalue weighted by Crippen LogP contribution is -2.28. The van der Waals surface area contributed by atoms with Crippen LogP contribution in [0.4, 0.5) is 0 Å². The van der Waals surface area contributed by atoms with Crippen molar-refractivity contribution in [3.63, 3.8) is 0 Å². The van der Waals surface area contributed by atoms with E-state index in [9.17, 15) is 0 Å². The monoisotopic (exact) mass is 372 g/mol. The van der Waals surface area contributed by atoms with Crippen molar-refractivity contribution >= 4 is 12.4 Å². The summed E-state index contributed by atoms with van der Waals surface area (Å²) >= 11 is 0. The van der Waals surface area contributed by atoms with Gasteiger partial charge in [0, 0.05) is 11.6 Å². The normalized spacial score (nSPS) is 16.1. The van der Waals surface area contributed by atoms with E-state index in [0.717, 1.165) is 29.4 Å². The second-order valence-electron chi connectivity index (χ2n) is 6.04. The van der Waals surface area contributed by atoms with Gasteiger partial charge in [-0.1, -0.05) is 0 Å². The van der Waals surface area contributed by atoms with Gasteiger partial charge in [0.15, 0.2) is 0 Å². The molecule has 1 atom stereocenters. The molecule has 1 aromatic heterocycles. The molecule has 0 radical (unpaired) electrons. The van der Waals surface area contributed by atoms with Crippen LogP contribution in [0.25, 0.3) is 11.5 Å². The quantitative estimate of drug-likeness (QED) is 0.680. The molecule has 3 aromatic rings. The molecule has 6 heteroatoms. The van der Waals surface area contributed by atoms with Crippen LogP contribution in [0, 0.1) is 0 Å². The molecule has 26 heavy (non-hydrogen) atoms. The number of aromatic nitrogens is 1. The van der Waals surface area contributed by atoms with E-state index in [1.165, 1.54) is 12.8 Å². The Hall–Kier alpha value is -2.50. The summed E-state index contributed by atoms with van der Waals surface area (Å²) in [6, 6.07) is 15.8. The highest BCUT2D eigenvalue weighted by atomic mass is 35.5. The van der Waals surface area contributed by atoms with Gasteiger partial charge >= 0.3 is 0 Å². The van der Waals surface area contributed by atoms with E-state index in [1.54, 1.807) is 12.5 Å². The second kappa shape index (κ2) is 8.74. The zero-order chi connectivity index (χ0) is 16.9. The van der Waals surface area contributed by atoms with Crippen LogP contribution < -0.4 is 14.8 Å². The highest BCUT2D eigenvalue weighted by Crippen LogP contribution is 2.26. The fourth-order valence-corrected chi connectivity index (χ4v) is 2.87. The largest absolute Gasteiger partial charge is 0.492 e. The summed E-state index contributed by atoms with van der Waals surface area (Å²) in [6.45, 7) is 1.80. The average Bonchev–Trinajstić information content (AvgIpc) is 3.36. The van der Waals surface area contributed by atoms with Crippen LogP contribution in [0.3, 0.4) is 0 Å². The first-order valence-corrected chi connectivity index (χ1v) is 8.51. The number of halogens is 1. The van der Waals surface area contributed by atoms with E-state index >= 15 is 0 Å². The molecule has 0 aliphatic carbocycles. The molecular weight excluding hydrogens is 352 g/mol. The van der Waals surface area contributed by atoms with E-state index in [4.69, 9.17) is 13.9 Å². The SMILES string of the molecule is Cl.c1coc(-c2ccc(Oc3ccc(OC[C@H]4CCCN4)cc3)cc2)n1. The summed E-state index contributed by atoms with van der Waals surface area (Å²) in [5.74, 6) is 3.00. The zero-order valence-corrected chi connectivity index (χ0v) is 15.1. The third kappa shape index (κ3) is 4.56. The molecule has 0 unspecified atom stereocenters. The Morgan fingerprint density at radius 2 is 1.69 bits per heavy atom. The Morgan fingerprint density at radius 3 is 2.31 bits per heavy atom. The molecule has 5 nitrogen and oxygen atoms in total. The molecule has 0 bridgehead atoms. The number of hydrogen-bond donors (Lipinski definition) is 1. The predicted molar refractivity (Wildman–Crippen MR) is 102 cm³/mol. The predicted octanol–water partition coefficient (Wildman–Crippen LogP) is 4.69. The molecule has 0 amide bonds. The molecule has 1 N–H and O–H groups in total. The fourth-order valence-electron chi connectivity index (χ4n) is 2.87. The number of rotatable bonds is 6. The fraction of sp³-hybridized carbons (Fsp3) is 0.250. The summed E-state index contributed by atoms with van der Waals surface area (Å²) in [4.78, 5) is 4.13. The number of benzene rings is 2. The zero-order valence-electron chi connectivity index (χ0n) is 14.3. The van der Waals surface area contributed by atoms with Gasteiger partial charge in [-0.05, 0) is 67.9 Å². The van der Waals surface area contributed by atoms with Crippen LogP contribution in [0.5, 0.6) is 17.2 Å². The lowest BCUT2D eigenvalue weighted by Gasteiger charge is -2.12. The summed E-state index contributed by atoms with van der Waals surface area (Å²) in [6.07, 6.45) is 5.61.